The van der Waals surface area contributed by atoms with Crippen molar-refractivity contribution < 1.29 is 15.3 Å². The minimum atomic E-state index is -0.00352. The molecule has 0 saturated carbocycles. The Kier molecular flexibility index (Phi) is 12.8. The maximum atomic E-state index is 12.6. The third-order valence-corrected chi connectivity index (χ3v) is 6.83. The number of hydrogen-bond donors (Lipinski definition) is 0. The number of aromatic nitrogens is 2. The van der Waals surface area contributed by atoms with E-state index >= 15 is 0 Å². The number of aryl methyl sites for hydroxylation is 2. The molecular formula is C38H29Al2N2O3+3. The molecule has 0 fully saturated rings. The van der Waals surface area contributed by atoms with Crippen molar-refractivity contribution in [3.8, 4) is 39.5 Å². The van der Waals surface area contributed by atoms with Crippen LogP contribution >= 0.6 is 0 Å². The van der Waals surface area contributed by atoms with E-state index in [-0.39, 0.29) is 52.0 Å². The third-order valence-electron chi connectivity index (χ3n) is 6.83. The standard InChI is InChI=1S/C18H14O.2C10H9NO.2Al/c19-18-16(14-8-3-1-4-9-14)12-7-13-17(18)15-10-5-2-6-11-15;2*1-7-5-6-8-3-2-4-9(12)10(8)11-7;;/h1-13,19H;2*2-6,12H,1H3;;/q;;;2*+3/p-3. The minimum absolute atomic E-state index is 0. The molecule has 0 aliphatic carbocycles. The van der Waals surface area contributed by atoms with E-state index in [1.54, 1.807) is 12.1 Å². The van der Waals surface area contributed by atoms with Crippen LogP contribution in [0.15, 0.2) is 140 Å². The molecule has 0 aliphatic rings. The van der Waals surface area contributed by atoms with Crippen LogP contribution in [0.5, 0.6) is 17.2 Å². The summed E-state index contributed by atoms with van der Waals surface area (Å²) in [7, 11) is 0. The van der Waals surface area contributed by atoms with E-state index < -0.39 is 0 Å². The van der Waals surface area contributed by atoms with Gasteiger partial charge in [0.2, 0.25) is 0 Å². The number of nitrogens with zero attached hydrogens (tertiary/aromatic N) is 2. The summed E-state index contributed by atoms with van der Waals surface area (Å²) in [6.07, 6.45) is 0. The quantitative estimate of drug-likeness (QED) is 0.205. The van der Waals surface area contributed by atoms with Gasteiger partial charge >= 0.3 is 34.7 Å². The molecule has 0 amide bonds. The van der Waals surface area contributed by atoms with Crippen LogP contribution in [-0.2, 0) is 0 Å². The van der Waals surface area contributed by atoms with Crippen LogP contribution in [0.4, 0.5) is 0 Å². The predicted molar refractivity (Wildman–Crippen MR) is 180 cm³/mol. The smallest absolute Gasteiger partial charge is 0.872 e. The molecule has 0 aliphatic heterocycles. The zero-order valence-corrected chi connectivity index (χ0v) is 27.4. The van der Waals surface area contributed by atoms with Gasteiger partial charge < -0.3 is 15.3 Å². The van der Waals surface area contributed by atoms with Crippen molar-refractivity contribution in [1.82, 2.24) is 9.97 Å². The number of hydrogen-bond acceptors (Lipinski definition) is 5. The SMILES string of the molecule is Cc1ccc2cccc([O-])c2n1.Cc1ccc2cccc([O-])c2n1.[Al+3].[Al+3].[O-]c1c(-c2ccccc2)cccc1-c1ccccc1. The van der Waals surface area contributed by atoms with Crippen molar-refractivity contribution in [3.05, 3.63) is 151 Å². The summed E-state index contributed by atoms with van der Waals surface area (Å²) in [6, 6.07) is 43.3. The topological polar surface area (TPSA) is 95.0 Å². The van der Waals surface area contributed by atoms with Gasteiger partial charge in [0.1, 0.15) is 0 Å². The first-order valence-electron chi connectivity index (χ1n) is 13.9. The number of rotatable bonds is 2. The molecule has 7 heteroatoms. The predicted octanol–water partition coefficient (Wildman–Crippen LogP) is 6.57. The van der Waals surface area contributed by atoms with Gasteiger partial charge in [0.25, 0.3) is 0 Å². The summed E-state index contributed by atoms with van der Waals surface area (Å²) >= 11 is 0. The molecule has 0 radical (unpaired) electrons. The Morgan fingerprint density at radius 1 is 0.400 bits per heavy atom. The van der Waals surface area contributed by atoms with E-state index in [4.69, 9.17) is 0 Å². The van der Waals surface area contributed by atoms with Gasteiger partial charge in [-0.05, 0) is 59.0 Å². The average Bonchev–Trinajstić information content (AvgIpc) is 3.04. The summed E-state index contributed by atoms with van der Waals surface area (Å²) in [5.41, 5.74) is 6.33. The van der Waals surface area contributed by atoms with Crippen molar-refractivity contribution in [1.29, 1.82) is 0 Å². The fourth-order valence-electron chi connectivity index (χ4n) is 4.66. The monoisotopic (exact) mass is 615 g/mol. The molecule has 7 aromatic rings. The number of fused-ring (bicyclic) bond motifs is 2. The first-order chi connectivity index (χ1) is 20.9. The third kappa shape index (κ3) is 8.73. The van der Waals surface area contributed by atoms with E-state index in [0.717, 1.165) is 44.4 Å². The zero-order valence-electron chi connectivity index (χ0n) is 25.1. The number of pyridine rings is 2. The van der Waals surface area contributed by atoms with Crippen LogP contribution in [0.25, 0.3) is 44.1 Å². The normalized spacial score (nSPS) is 9.91. The van der Waals surface area contributed by atoms with Gasteiger partial charge in [-0.3, -0.25) is 9.97 Å². The van der Waals surface area contributed by atoms with Crippen LogP contribution in [0, 0.1) is 13.8 Å². The molecule has 45 heavy (non-hydrogen) atoms. The Morgan fingerprint density at radius 3 is 1.18 bits per heavy atom. The van der Waals surface area contributed by atoms with Crippen LogP contribution in [0.3, 0.4) is 0 Å². The van der Waals surface area contributed by atoms with Gasteiger partial charge in [0, 0.05) is 11.4 Å². The van der Waals surface area contributed by atoms with E-state index in [9.17, 15) is 15.3 Å². The van der Waals surface area contributed by atoms with Crippen LogP contribution in [0.2, 0.25) is 0 Å². The summed E-state index contributed by atoms with van der Waals surface area (Å²) in [5, 5.41) is 36.9. The first kappa shape index (κ1) is 34.9. The molecule has 2 heterocycles. The maximum absolute atomic E-state index is 12.6. The molecule has 212 valence electrons. The number of benzene rings is 5. The Hall–Kier alpha value is -4.62. The summed E-state index contributed by atoms with van der Waals surface area (Å²) < 4.78 is 0. The van der Waals surface area contributed by atoms with Gasteiger partial charge in [0.05, 0.1) is 11.0 Å². The molecule has 5 nitrogen and oxygen atoms in total. The molecule has 7 rings (SSSR count). The van der Waals surface area contributed by atoms with E-state index in [1.807, 2.05) is 129 Å². The molecule has 5 aromatic carbocycles. The van der Waals surface area contributed by atoms with Gasteiger partial charge in [-0.2, -0.15) is 0 Å². The first-order valence-corrected chi connectivity index (χ1v) is 13.9. The van der Waals surface area contributed by atoms with Crippen molar-refractivity contribution in [2.24, 2.45) is 0 Å². The Labute approximate surface area is 284 Å². The van der Waals surface area contributed by atoms with Crippen LogP contribution in [-0.4, -0.2) is 44.7 Å². The van der Waals surface area contributed by atoms with Crippen molar-refractivity contribution in [2.45, 2.75) is 13.8 Å². The van der Waals surface area contributed by atoms with Gasteiger partial charge in [-0.1, -0.05) is 145 Å². The molecule has 0 atom stereocenters. The summed E-state index contributed by atoms with van der Waals surface area (Å²) in [6.45, 7) is 3.76. The molecule has 0 N–H and O–H groups in total. The van der Waals surface area contributed by atoms with Gasteiger partial charge in [0.15, 0.2) is 0 Å². The Balaban J connectivity index is 0.000000187. The summed E-state index contributed by atoms with van der Waals surface area (Å²) in [4.78, 5) is 8.33. The number of para-hydroxylation sites is 3. The molecule has 0 bridgehead atoms. The maximum Gasteiger partial charge on any atom is 3.00 e. The van der Waals surface area contributed by atoms with Crippen molar-refractivity contribution in [3.63, 3.8) is 0 Å². The van der Waals surface area contributed by atoms with Crippen LogP contribution in [0.1, 0.15) is 11.4 Å². The minimum Gasteiger partial charge on any atom is -0.872 e. The molecule has 2 aromatic heterocycles. The van der Waals surface area contributed by atoms with E-state index in [0.29, 0.717) is 11.0 Å². The summed E-state index contributed by atoms with van der Waals surface area (Å²) in [5.74, 6) is 0.0762. The van der Waals surface area contributed by atoms with Gasteiger partial charge in [-0.15, -0.1) is 0 Å². The van der Waals surface area contributed by atoms with Crippen LogP contribution < -0.4 is 15.3 Å². The average molecular weight is 616 g/mol. The van der Waals surface area contributed by atoms with Gasteiger partial charge in [-0.25, -0.2) is 0 Å². The molecular weight excluding hydrogens is 586 g/mol. The second-order valence-electron chi connectivity index (χ2n) is 9.98. The molecule has 0 spiro atoms. The fraction of sp³-hybridized carbons (Fsp3) is 0.0526. The molecule has 0 saturated heterocycles. The van der Waals surface area contributed by atoms with E-state index in [2.05, 4.69) is 9.97 Å². The largest absolute Gasteiger partial charge is 3.00 e. The van der Waals surface area contributed by atoms with E-state index in [1.165, 1.54) is 12.1 Å². The Bertz CT molecular complexity index is 1840. The van der Waals surface area contributed by atoms with Crippen molar-refractivity contribution >= 4 is 56.5 Å². The second kappa shape index (κ2) is 16.5. The van der Waals surface area contributed by atoms with Crippen molar-refractivity contribution in [2.75, 3.05) is 0 Å². The molecule has 0 unspecified atom stereocenters. The zero-order chi connectivity index (χ0) is 30.2. The second-order valence-corrected chi connectivity index (χ2v) is 9.98. The fourth-order valence-corrected chi connectivity index (χ4v) is 4.66. The Morgan fingerprint density at radius 2 is 0.778 bits per heavy atom.